The summed E-state index contributed by atoms with van der Waals surface area (Å²) in [6.07, 6.45) is 3.83. The summed E-state index contributed by atoms with van der Waals surface area (Å²) in [5, 5.41) is 3.44. The molecule has 102 valence electrons. The summed E-state index contributed by atoms with van der Waals surface area (Å²) >= 11 is 1.67. The Morgan fingerprint density at radius 2 is 2.00 bits per heavy atom. The molecular weight excluding hydrogens is 268 g/mol. The smallest absolute Gasteiger partial charge is 0.110 e. The van der Waals surface area contributed by atoms with Crippen molar-refractivity contribution in [1.29, 1.82) is 0 Å². The maximum atomic E-state index is 4.42. The van der Waals surface area contributed by atoms with Crippen molar-refractivity contribution in [3.8, 4) is 5.69 Å². The number of aromatic nitrogens is 3. The number of hydrogen-bond acceptors (Lipinski definition) is 4. The number of thiazole rings is 1. The number of aryl methyl sites for hydroxylation is 1. The number of hydrogen-bond donors (Lipinski definition) is 1. The molecule has 0 unspecified atom stereocenters. The Bertz CT molecular complexity index is 659. The van der Waals surface area contributed by atoms with E-state index in [0.29, 0.717) is 0 Å². The van der Waals surface area contributed by atoms with Gasteiger partial charge in [0.15, 0.2) is 0 Å². The van der Waals surface area contributed by atoms with Crippen LogP contribution < -0.4 is 5.32 Å². The maximum Gasteiger partial charge on any atom is 0.110 e. The molecule has 3 aromatic rings. The summed E-state index contributed by atoms with van der Waals surface area (Å²) in [7, 11) is 0. The van der Waals surface area contributed by atoms with Gasteiger partial charge in [-0.3, -0.25) is 9.55 Å². The summed E-state index contributed by atoms with van der Waals surface area (Å²) in [6.45, 7) is 3.65. The molecule has 0 saturated heterocycles. The first-order valence-electron chi connectivity index (χ1n) is 6.51. The van der Waals surface area contributed by atoms with Crippen LogP contribution >= 0.6 is 11.3 Å². The quantitative estimate of drug-likeness (QED) is 0.783. The molecular formula is C15H16N4S. The van der Waals surface area contributed by atoms with Crippen molar-refractivity contribution in [3.63, 3.8) is 0 Å². The van der Waals surface area contributed by atoms with Crippen molar-refractivity contribution >= 4 is 11.3 Å². The van der Waals surface area contributed by atoms with Gasteiger partial charge >= 0.3 is 0 Å². The van der Waals surface area contributed by atoms with E-state index < -0.39 is 0 Å². The first kappa shape index (κ1) is 13.0. The zero-order valence-electron chi connectivity index (χ0n) is 11.3. The Kier molecular flexibility index (Phi) is 3.90. The van der Waals surface area contributed by atoms with Gasteiger partial charge in [0.1, 0.15) is 5.82 Å². The van der Waals surface area contributed by atoms with Gasteiger partial charge in [0.2, 0.25) is 0 Å². The maximum absolute atomic E-state index is 4.42. The van der Waals surface area contributed by atoms with Crippen LogP contribution in [0.4, 0.5) is 0 Å². The van der Waals surface area contributed by atoms with Crippen molar-refractivity contribution in [3.05, 3.63) is 64.6 Å². The van der Waals surface area contributed by atoms with Crippen LogP contribution in [-0.2, 0) is 13.1 Å². The highest BCUT2D eigenvalue weighted by Gasteiger charge is 2.08. The average Bonchev–Trinajstić information content (AvgIpc) is 3.10. The van der Waals surface area contributed by atoms with E-state index in [0.717, 1.165) is 24.6 Å². The Hall–Kier alpha value is -1.98. The number of para-hydroxylation sites is 1. The molecule has 0 spiro atoms. The highest BCUT2D eigenvalue weighted by Crippen LogP contribution is 2.14. The molecule has 0 aliphatic rings. The summed E-state index contributed by atoms with van der Waals surface area (Å²) < 4.78 is 2.18. The zero-order valence-corrected chi connectivity index (χ0v) is 12.1. The standard InChI is InChI=1S/C15H16N4S/c1-12-18-8-14(7-16-9-15-10-17-11-20-15)19(12)13-5-3-2-4-6-13/h2-6,8,10-11,16H,7,9H2,1H3. The zero-order chi connectivity index (χ0) is 13.8. The molecule has 0 bridgehead atoms. The van der Waals surface area contributed by atoms with Gasteiger partial charge < -0.3 is 5.32 Å². The van der Waals surface area contributed by atoms with Crippen molar-refractivity contribution in [2.45, 2.75) is 20.0 Å². The topological polar surface area (TPSA) is 42.7 Å². The third kappa shape index (κ3) is 2.79. The predicted molar refractivity (Wildman–Crippen MR) is 81.0 cm³/mol. The molecule has 0 amide bonds. The van der Waals surface area contributed by atoms with Crippen LogP contribution in [0.2, 0.25) is 0 Å². The van der Waals surface area contributed by atoms with Crippen molar-refractivity contribution in [1.82, 2.24) is 19.9 Å². The lowest BCUT2D eigenvalue weighted by molar-refractivity contribution is 0.672. The van der Waals surface area contributed by atoms with Crippen molar-refractivity contribution in [2.24, 2.45) is 0 Å². The first-order valence-corrected chi connectivity index (χ1v) is 7.39. The van der Waals surface area contributed by atoms with Crippen LogP contribution in [0.15, 0.2) is 48.2 Å². The number of nitrogens with zero attached hydrogens (tertiary/aromatic N) is 3. The second-order valence-electron chi connectivity index (χ2n) is 4.54. The van der Waals surface area contributed by atoms with E-state index >= 15 is 0 Å². The lowest BCUT2D eigenvalue weighted by Gasteiger charge is -2.10. The lowest BCUT2D eigenvalue weighted by atomic mass is 10.3. The summed E-state index contributed by atoms with van der Waals surface area (Å²) in [4.78, 5) is 9.74. The van der Waals surface area contributed by atoms with Gasteiger partial charge in [-0.1, -0.05) is 18.2 Å². The second kappa shape index (κ2) is 5.98. The number of rotatable bonds is 5. The fraction of sp³-hybridized carbons (Fsp3) is 0.200. The summed E-state index contributed by atoms with van der Waals surface area (Å²) in [5.41, 5.74) is 4.17. The highest BCUT2D eigenvalue weighted by molar-refractivity contribution is 7.09. The van der Waals surface area contributed by atoms with Gasteiger partial charge in [0, 0.05) is 29.9 Å². The molecule has 3 rings (SSSR count). The molecule has 1 aromatic carbocycles. The fourth-order valence-corrected chi connectivity index (χ4v) is 2.75. The first-order chi connectivity index (χ1) is 9.84. The lowest BCUT2D eigenvalue weighted by Crippen LogP contribution is -2.15. The van der Waals surface area contributed by atoms with E-state index in [4.69, 9.17) is 0 Å². The molecule has 20 heavy (non-hydrogen) atoms. The SMILES string of the molecule is Cc1ncc(CNCc2cncs2)n1-c1ccccc1. The third-order valence-electron chi connectivity index (χ3n) is 3.11. The molecule has 2 aromatic heterocycles. The van der Waals surface area contributed by atoms with Crippen LogP contribution in [0.5, 0.6) is 0 Å². The largest absolute Gasteiger partial charge is 0.306 e. The predicted octanol–water partition coefficient (Wildman–Crippen LogP) is 2.93. The van der Waals surface area contributed by atoms with Gasteiger partial charge in [-0.25, -0.2) is 4.98 Å². The Morgan fingerprint density at radius 3 is 2.75 bits per heavy atom. The van der Waals surface area contributed by atoms with Crippen LogP contribution in [0.1, 0.15) is 16.4 Å². The Morgan fingerprint density at radius 1 is 1.15 bits per heavy atom. The molecule has 0 radical (unpaired) electrons. The fourth-order valence-electron chi connectivity index (χ4n) is 2.19. The minimum absolute atomic E-state index is 0.785. The average molecular weight is 284 g/mol. The van der Waals surface area contributed by atoms with Crippen LogP contribution in [0, 0.1) is 6.92 Å². The highest BCUT2D eigenvalue weighted by atomic mass is 32.1. The van der Waals surface area contributed by atoms with E-state index in [9.17, 15) is 0 Å². The van der Waals surface area contributed by atoms with E-state index in [-0.39, 0.29) is 0 Å². The molecule has 0 atom stereocenters. The van der Waals surface area contributed by atoms with E-state index in [1.807, 2.05) is 43.0 Å². The van der Waals surface area contributed by atoms with Gasteiger partial charge in [0.05, 0.1) is 17.4 Å². The molecule has 0 aliphatic carbocycles. The van der Waals surface area contributed by atoms with Gasteiger partial charge in [-0.05, 0) is 19.1 Å². The summed E-state index contributed by atoms with van der Waals surface area (Å²) in [5.74, 6) is 1.01. The monoisotopic (exact) mass is 284 g/mol. The number of benzene rings is 1. The van der Waals surface area contributed by atoms with Crippen molar-refractivity contribution < 1.29 is 0 Å². The molecule has 1 N–H and O–H groups in total. The Balaban J connectivity index is 1.74. The molecule has 2 heterocycles. The van der Waals surface area contributed by atoms with E-state index in [1.165, 1.54) is 10.6 Å². The number of nitrogens with one attached hydrogen (secondary N) is 1. The normalized spacial score (nSPS) is 10.8. The third-order valence-corrected chi connectivity index (χ3v) is 3.89. The van der Waals surface area contributed by atoms with Gasteiger partial charge in [-0.2, -0.15) is 0 Å². The second-order valence-corrected chi connectivity index (χ2v) is 5.51. The van der Waals surface area contributed by atoms with Gasteiger partial charge in [0.25, 0.3) is 0 Å². The molecule has 0 fully saturated rings. The van der Waals surface area contributed by atoms with Gasteiger partial charge in [-0.15, -0.1) is 11.3 Å². The van der Waals surface area contributed by atoms with E-state index in [2.05, 4.69) is 32.0 Å². The molecule has 4 nitrogen and oxygen atoms in total. The Labute approximate surface area is 122 Å². The minimum Gasteiger partial charge on any atom is -0.306 e. The molecule has 0 saturated carbocycles. The van der Waals surface area contributed by atoms with Crippen LogP contribution in [-0.4, -0.2) is 14.5 Å². The van der Waals surface area contributed by atoms with E-state index in [1.54, 1.807) is 11.3 Å². The van der Waals surface area contributed by atoms with Crippen LogP contribution in [0.3, 0.4) is 0 Å². The number of imidazole rings is 1. The molecule has 5 heteroatoms. The minimum atomic E-state index is 0.785. The van der Waals surface area contributed by atoms with Crippen molar-refractivity contribution in [2.75, 3.05) is 0 Å². The van der Waals surface area contributed by atoms with Crippen LogP contribution in [0.25, 0.3) is 5.69 Å². The molecule has 0 aliphatic heterocycles. The summed E-state index contributed by atoms with van der Waals surface area (Å²) in [6, 6.07) is 10.3.